The predicted octanol–water partition coefficient (Wildman–Crippen LogP) is 0.848. The first kappa shape index (κ1) is 11.8. The lowest BCUT2D eigenvalue weighted by molar-refractivity contribution is -0.145. The van der Waals surface area contributed by atoms with Crippen molar-refractivity contribution in [1.82, 2.24) is 5.32 Å². The summed E-state index contributed by atoms with van der Waals surface area (Å²) in [5.41, 5.74) is 0. The lowest BCUT2D eigenvalue weighted by Crippen LogP contribution is -2.37. The Hall–Kier alpha value is -0.220. The van der Waals surface area contributed by atoms with Gasteiger partial charge < -0.3 is 10.1 Å². The first-order chi connectivity index (χ1) is 5.76. The molecule has 0 bridgehead atoms. The van der Waals surface area contributed by atoms with E-state index in [0.29, 0.717) is 12.4 Å². The van der Waals surface area contributed by atoms with Gasteiger partial charge in [0.2, 0.25) is 0 Å². The number of unbranched alkanes of at least 4 members (excludes halogenated alkanes) is 1. The second-order valence-corrected chi connectivity index (χ2v) is 2.91. The normalized spacial score (nSPS) is 12.6. The molecule has 4 heteroatoms. The van der Waals surface area contributed by atoms with Gasteiger partial charge in [-0.3, -0.25) is 4.79 Å². The molecule has 0 rings (SSSR count). The fraction of sp³-hybridized carbons (Fsp3) is 0.875. The molecular formula is C8H17NO2S. The molecule has 0 aliphatic heterocycles. The Kier molecular flexibility index (Phi) is 7.29. The molecule has 3 nitrogen and oxygen atoms in total. The Labute approximate surface area is 79.3 Å². The van der Waals surface area contributed by atoms with Crippen LogP contribution in [0.2, 0.25) is 0 Å². The Morgan fingerprint density at radius 1 is 1.67 bits per heavy atom. The molecule has 0 radical (unpaired) electrons. The van der Waals surface area contributed by atoms with Crippen LogP contribution in [0, 0.1) is 0 Å². The number of rotatable bonds is 6. The predicted molar refractivity (Wildman–Crippen MR) is 52.6 cm³/mol. The van der Waals surface area contributed by atoms with E-state index in [1.165, 1.54) is 0 Å². The van der Waals surface area contributed by atoms with Crippen LogP contribution in [0.4, 0.5) is 0 Å². The number of nitrogens with one attached hydrogen (secondary N) is 1. The van der Waals surface area contributed by atoms with E-state index >= 15 is 0 Å². The first-order valence-corrected chi connectivity index (χ1v) is 4.84. The van der Waals surface area contributed by atoms with E-state index in [0.717, 1.165) is 12.8 Å². The van der Waals surface area contributed by atoms with Crippen molar-refractivity contribution in [2.24, 2.45) is 0 Å². The summed E-state index contributed by atoms with van der Waals surface area (Å²) in [5, 5.41) is 2.83. The van der Waals surface area contributed by atoms with Crippen LogP contribution < -0.4 is 5.32 Å². The second kappa shape index (κ2) is 7.43. The molecule has 0 aromatic heterocycles. The topological polar surface area (TPSA) is 38.3 Å². The monoisotopic (exact) mass is 191 g/mol. The minimum absolute atomic E-state index is 0.207. The van der Waals surface area contributed by atoms with E-state index in [4.69, 9.17) is 4.74 Å². The highest BCUT2D eigenvalue weighted by atomic mass is 32.1. The fourth-order valence-corrected chi connectivity index (χ4v) is 1.03. The van der Waals surface area contributed by atoms with Crippen molar-refractivity contribution in [2.45, 2.75) is 25.8 Å². The van der Waals surface area contributed by atoms with Gasteiger partial charge in [0.05, 0.1) is 6.61 Å². The van der Waals surface area contributed by atoms with Crippen molar-refractivity contribution in [1.29, 1.82) is 0 Å². The van der Waals surface area contributed by atoms with E-state index in [2.05, 4.69) is 24.9 Å². The fourth-order valence-electron chi connectivity index (χ4n) is 0.701. The van der Waals surface area contributed by atoms with Gasteiger partial charge in [0.15, 0.2) is 0 Å². The van der Waals surface area contributed by atoms with Gasteiger partial charge in [-0.1, -0.05) is 13.3 Å². The molecule has 0 spiro atoms. The summed E-state index contributed by atoms with van der Waals surface area (Å²) < 4.78 is 4.98. The maximum atomic E-state index is 11.1. The second-order valence-electron chi connectivity index (χ2n) is 2.54. The molecular weight excluding hydrogens is 174 g/mol. The number of esters is 1. The van der Waals surface area contributed by atoms with Gasteiger partial charge in [0.25, 0.3) is 0 Å². The van der Waals surface area contributed by atoms with Gasteiger partial charge in [0, 0.05) is 5.75 Å². The Morgan fingerprint density at radius 3 is 2.75 bits per heavy atom. The van der Waals surface area contributed by atoms with Crippen LogP contribution in [-0.4, -0.2) is 31.4 Å². The van der Waals surface area contributed by atoms with E-state index in [1.54, 1.807) is 7.05 Å². The van der Waals surface area contributed by atoms with Crippen LogP contribution in [0.5, 0.6) is 0 Å². The van der Waals surface area contributed by atoms with E-state index < -0.39 is 0 Å². The van der Waals surface area contributed by atoms with Crippen LogP contribution in [0.15, 0.2) is 0 Å². The minimum atomic E-state index is -0.273. The Morgan fingerprint density at radius 2 is 2.33 bits per heavy atom. The van der Waals surface area contributed by atoms with E-state index in [1.807, 2.05) is 0 Å². The van der Waals surface area contributed by atoms with Crippen LogP contribution in [-0.2, 0) is 9.53 Å². The van der Waals surface area contributed by atoms with Crippen molar-refractivity contribution in [3.8, 4) is 0 Å². The SMILES string of the molecule is CCCCOC(=O)[C@H](CS)NC. The van der Waals surface area contributed by atoms with Crippen LogP contribution in [0.25, 0.3) is 0 Å². The molecule has 0 saturated heterocycles. The van der Waals surface area contributed by atoms with Gasteiger partial charge in [-0.2, -0.15) is 12.6 Å². The van der Waals surface area contributed by atoms with Crippen LogP contribution >= 0.6 is 12.6 Å². The third kappa shape index (κ3) is 4.62. The number of carbonyl (C=O) groups excluding carboxylic acids is 1. The molecule has 0 aromatic carbocycles. The van der Waals surface area contributed by atoms with Gasteiger partial charge in [0.1, 0.15) is 6.04 Å². The van der Waals surface area contributed by atoms with Gasteiger partial charge in [-0.25, -0.2) is 0 Å². The zero-order chi connectivity index (χ0) is 9.40. The summed E-state index contributed by atoms with van der Waals surface area (Å²) in [6.45, 7) is 2.57. The molecule has 72 valence electrons. The molecule has 1 N–H and O–H groups in total. The maximum Gasteiger partial charge on any atom is 0.323 e. The Bertz CT molecular complexity index is 126. The van der Waals surface area contributed by atoms with Crippen molar-refractivity contribution in [2.75, 3.05) is 19.4 Å². The van der Waals surface area contributed by atoms with Crippen molar-refractivity contribution >= 4 is 18.6 Å². The average molecular weight is 191 g/mol. The Balaban J connectivity index is 3.54. The van der Waals surface area contributed by atoms with Gasteiger partial charge in [-0.05, 0) is 13.5 Å². The molecule has 12 heavy (non-hydrogen) atoms. The maximum absolute atomic E-state index is 11.1. The largest absolute Gasteiger partial charge is 0.465 e. The van der Waals surface area contributed by atoms with Crippen molar-refractivity contribution in [3.05, 3.63) is 0 Å². The van der Waals surface area contributed by atoms with E-state index in [-0.39, 0.29) is 12.0 Å². The number of likely N-dealkylation sites (N-methyl/N-ethyl adjacent to an activating group) is 1. The molecule has 0 heterocycles. The van der Waals surface area contributed by atoms with E-state index in [9.17, 15) is 4.79 Å². The lowest BCUT2D eigenvalue weighted by atomic mass is 10.3. The highest BCUT2D eigenvalue weighted by molar-refractivity contribution is 7.80. The number of ether oxygens (including phenoxy) is 1. The molecule has 0 aliphatic carbocycles. The number of carbonyl (C=O) groups is 1. The van der Waals surface area contributed by atoms with Gasteiger partial charge in [-0.15, -0.1) is 0 Å². The van der Waals surface area contributed by atoms with Crippen LogP contribution in [0.1, 0.15) is 19.8 Å². The van der Waals surface area contributed by atoms with Crippen LogP contribution in [0.3, 0.4) is 0 Å². The summed E-state index contributed by atoms with van der Waals surface area (Å²) in [7, 11) is 1.72. The average Bonchev–Trinajstić information content (AvgIpc) is 2.07. The van der Waals surface area contributed by atoms with Gasteiger partial charge >= 0.3 is 5.97 Å². The zero-order valence-electron chi connectivity index (χ0n) is 7.67. The molecule has 0 aliphatic rings. The standard InChI is InChI=1S/C8H17NO2S/c1-3-4-5-11-8(10)7(6-12)9-2/h7,9,12H,3-6H2,1-2H3/t7-/m0/s1. The third-order valence-corrected chi connectivity index (χ3v) is 1.92. The minimum Gasteiger partial charge on any atom is -0.465 e. The molecule has 0 amide bonds. The third-order valence-electron chi connectivity index (χ3n) is 1.56. The highest BCUT2D eigenvalue weighted by Gasteiger charge is 2.14. The molecule has 0 fully saturated rings. The van der Waals surface area contributed by atoms with Crippen molar-refractivity contribution in [3.63, 3.8) is 0 Å². The summed E-state index contributed by atoms with van der Waals surface area (Å²) in [6, 6.07) is -0.273. The quantitative estimate of drug-likeness (QED) is 0.371. The summed E-state index contributed by atoms with van der Waals surface area (Å²) in [5.74, 6) is 0.266. The van der Waals surface area contributed by atoms with Crippen molar-refractivity contribution < 1.29 is 9.53 Å². The zero-order valence-corrected chi connectivity index (χ0v) is 8.56. The number of thiol groups is 1. The summed E-state index contributed by atoms with van der Waals surface area (Å²) >= 11 is 4.02. The smallest absolute Gasteiger partial charge is 0.323 e. The molecule has 0 unspecified atom stereocenters. The first-order valence-electron chi connectivity index (χ1n) is 4.21. The number of hydrogen-bond acceptors (Lipinski definition) is 4. The summed E-state index contributed by atoms with van der Waals surface area (Å²) in [6.07, 6.45) is 1.97. The molecule has 1 atom stereocenters. The molecule has 0 aromatic rings. The lowest BCUT2D eigenvalue weighted by Gasteiger charge is -2.11. The summed E-state index contributed by atoms with van der Waals surface area (Å²) in [4.78, 5) is 11.1. The number of hydrogen-bond donors (Lipinski definition) is 2. The highest BCUT2D eigenvalue weighted by Crippen LogP contribution is 1.94. The molecule has 0 saturated carbocycles.